The summed E-state index contributed by atoms with van der Waals surface area (Å²) in [5.74, 6) is 3.20. The van der Waals surface area contributed by atoms with Gasteiger partial charge >= 0.3 is 0 Å². The van der Waals surface area contributed by atoms with Crippen molar-refractivity contribution in [3.63, 3.8) is 0 Å². The average molecular weight is 744 g/mol. The van der Waals surface area contributed by atoms with Gasteiger partial charge in [-0.15, -0.1) is 6.42 Å². The van der Waals surface area contributed by atoms with E-state index in [9.17, 15) is 0 Å². The Bertz CT molecular complexity index is 3050. The second-order valence-corrected chi connectivity index (χ2v) is 15.2. The van der Waals surface area contributed by atoms with Gasteiger partial charge in [-0.1, -0.05) is 146 Å². The fourth-order valence-corrected chi connectivity index (χ4v) is 9.52. The number of fused-ring (bicyclic) bond motifs is 12. The third-order valence-corrected chi connectivity index (χ3v) is 12.1. The Hall–Kier alpha value is -7.28. The van der Waals surface area contributed by atoms with Gasteiger partial charge in [-0.25, -0.2) is 9.98 Å². The molecular formula is C55H41N3. The molecule has 0 saturated heterocycles. The van der Waals surface area contributed by atoms with Crippen molar-refractivity contribution in [3.8, 4) is 40.3 Å². The summed E-state index contributed by atoms with van der Waals surface area (Å²) in [5, 5.41) is 2.49. The molecule has 2 heterocycles. The molecule has 6 aromatic carbocycles. The Labute approximate surface area is 340 Å². The van der Waals surface area contributed by atoms with E-state index in [-0.39, 0.29) is 0 Å². The molecule has 0 amide bonds. The van der Waals surface area contributed by atoms with E-state index in [2.05, 4.69) is 169 Å². The first-order valence-electron chi connectivity index (χ1n) is 20.0. The molecule has 10 rings (SSSR count). The fraction of sp³-hybridized carbons (Fsp3) is 0.0909. The van der Waals surface area contributed by atoms with Gasteiger partial charge in [0.15, 0.2) is 5.84 Å². The van der Waals surface area contributed by atoms with E-state index in [1.54, 1.807) is 6.08 Å². The Morgan fingerprint density at radius 3 is 2.14 bits per heavy atom. The first-order chi connectivity index (χ1) is 28.5. The Morgan fingerprint density at radius 1 is 0.741 bits per heavy atom. The van der Waals surface area contributed by atoms with Gasteiger partial charge in [0, 0.05) is 22.0 Å². The molecule has 58 heavy (non-hydrogen) atoms. The molecule has 3 nitrogen and oxygen atoms in total. The van der Waals surface area contributed by atoms with Crippen molar-refractivity contribution in [1.82, 2.24) is 4.57 Å². The third kappa shape index (κ3) is 5.30. The molecule has 1 spiro atoms. The zero-order chi connectivity index (χ0) is 39.4. The second kappa shape index (κ2) is 14.0. The number of nitrogens with zero attached hydrogens (tertiary/aromatic N) is 3. The third-order valence-electron chi connectivity index (χ3n) is 12.1. The molecular weight excluding hydrogens is 703 g/mol. The Balaban J connectivity index is 1.19. The maximum Gasteiger partial charge on any atom is 0.160 e. The number of hydrogen-bond acceptors (Lipinski definition) is 1. The smallest absolute Gasteiger partial charge is 0.160 e. The lowest BCUT2D eigenvalue weighted by atomic mass is 9.65. The van der Waals surface area contributed by atoms with Crippen molar-refractivity contribution in [2.75, 3.05) is 0 Å². The molecule has 1 aliphatic heterocycles. The number of aliphatic imine (C=N–C) groups is 2. The minimum Gasteiger partial charge on any atom is -0.309 e. The minimum absolute atomic E-state index is 0.505. The summed E-state index contributed by atoms with van der Waals surface area (Å²) >= 11 is 0. The predicted molar refractivity (Wildman–Crippen MR) is 244 cm³/mol. The van der Waals surface area contributed by atoms with Crippen LogP contribution in [0, 0.1) is 12.3 Å². The number of para-hydroxylation sites is 2. The van der Waals surface area contributed by atoms with Crippen LogP contribution >= 0.6 is 0 Å². The molecule has 0 atom stereocenters. The number of aromatic nitrogens is 1. The summed E-state index contributed by atoms with van der Waals surface area (Å²) in [5.41, 5.74) is 17.7. The van der Waals surface area contributed by atoms with Crippen molar-refractivity contribution in [3.05, 3.63) is 221 Å². The molecule has 3 aliphatic rings. The normalized spacial score (nSPS) is 15.4. The Morgan fingerprint density at radius 2 is 1.43 bits per heavy atom. The van der Waals surface area contributed by atoms with Crippen LogP contribution in [-0.2, 0) is 5.41 Å². The van der Waals surface area contributed by atoms with Crippen molar-refractivity contribution in [2.45, 2.75) is 32.1 Å². The first kappa shape index (κ1) is 35.2. The maximum absolute atomic E-state index is 5.56. The summed E-state index contributed by atoms with van der Waals surface area (Å²) in [6.07, 6.45) is 19.7. The van der Waals surface area contributed by atoms with Crippen LogP contribution in [0.5, 0.6) is 0 Å². The lowest BCUT2D eigenvalue weighted by molar-refractivity contribution is 0.749. The highest BCUT2D eigenvalue weighted by Crippen LogP contribution is 2.61. The van der Waals surface area contributed by atoms with E-state index in [1.165, 1.54) is 60.9 Å². The molecule has 0 saturated carbocycles. The zero-order valence-electron chi connectivity index (χ0n) is 32.7. The summed E-state index contributed by atoms with van der Waals surface area (Å²) in [7, 11) is 0. The molecule has 1 aromatic heterocycles. The molecule has 0 unspecified atom stereocenters. The van der Waals surface area contributed by atoms with Gasteiger partial charge in [-0.3, -0.25) is 0 Å². The maximum atomic E-state index is 5.56. The highest BCUT2D eigenvalue weighted by atomic mass is 15.0. The van der Waals surface area contributed by atoms with Crippen LogP contribution in [0.15, 0.2) is 203 Å². The van der Waals surface area contributed by atoms with Crippen LogP contribution < -0.4 is 0 Å². The van der Waals surface area contributed by atoms with Crippen molar-refractivity contribution < 1.29 is 0 Å². The van der Waals surface area contributed by atoms with E-state index >= 15 is 0 Å². The monoisotopic (exact) mass is 743 g/mol. The van der Waals surface area contributed by atoms with Gasteiger partial charge in [0.1, 0.15) is 0 Å². The molecule has 0 bridgehead atoms. The zero-order valence-corrected chi connectivity index (χ0v) is 32.7. The summed E-state index contributed by atoms with van der Waals surface area (Å²) < 4.78 is 2.50. The number of rotatable bonds is 6. The molecule has 0 fully saturated rings. The molecule has 0 N–H and O–H groups in total. The van der Waals surface area contributed by atoms with Gasteiger partial charge < -0.3 is 4.57 Å². The molecule has 3 heteroatoms. The summed E-state index contributed by atoms with van der Waals surface area (Å²) in [4.78, 5) is 10.2. The Kier molecular flexibility index (Phi) is 8.50. The van der Waals surface area contributed by atoms with E-state index in [0.29, 0.717) is 11.5 Å². The number of benzene rings is 6. The van der Waals surface area contributed by atoms with Gasteiger partial charge in [-0.05, 0) is 119 Å². The quantitative estimate of drug-likeness (QED) is 0.0703. The number of allylic oxidation sites excluding steroid dienone is 7. The first-order valence-corrected chi connectivity index (χ1v) is 20.0. The largest absolute Gasteiger partial charge is 0.309 e. The molecule has 0 radical (unpaired) electrons. The predicted octanol–water partition coefficient (Wildman–Crippen LogP) is 13.3. The van der Waals surface area contributed by atoms with E-state index in [4.69, 9.17) is 16.4 Å². The minimum atomic E-state index is -0.505. The van der Waals surface area contributed by atoms with Crippen LogP contribution in [0.25, 0.3) is 49.7 Å². The van der Waals surface area contributed by atoms with Crippen LogP contribution in [0.2, 0.25) is 0 Å². The number of terminal acetylenes is 1. The lowest BCUT2D eigenvalue weighted by Crippen LogP contribution is -2.33. The van der Waals surface area contributed by atoms with Gasteiger partial charge in [0.25, 0.3) is 0 Å². The van der Waals surface area contributed by atoms with Gasteiger partial charge in [-0.2, -0.15) is 0 Å². The van der Waals surface area contributed by atoms with Crippen LogP contribution in [0.3, 0.4) is 0 Å². The summed E-state index contributed by atoms with van der Waals surface area (Å²) in [6.45, 7) is 8.34. The summed E-state index contributed by atoms with van der Waals surface area (Å²) in [6, 6.07) is 49.4. The SMILES string of the molecule is C#C/C=C\C(=C/C)C(C)=NC(=NC(=C)C1=CCCC=C1)c1ccc(-c2cc3c4c(c2)c2ccccc2n4-c2ccccc2C32c3ccccc3-c3ccccc32)cc1. The van der Waals surface area contributed by atoms with Crippen LogP contribution in [0.1, 0.15) is 54.5 Å². The van der Waals surface area contributed by atoms with Crippen LogP contribution in [0.4, 0.5) is 0 Å². The van der Waals surface area contributed by atoms with Gasteiger partial charge in [0.2, 0.25) is 0 Å². The van der Waals surface area contributed by atoms with E-state index in [0.717, 1.165) is 46.4 Å². The highest BCUT2D eigenvalue weighted by Gasteiger charge is 2.50. The second-order valence-electron chi connectivity index (χ2n) is 15.2. The molecule has 276 valence electrons. The average Bonchev–Trinajstić information content (AvgIpc) is 3.77. The molecule has 2 aliphatic carbocycles. The standard InChI is InChI=1S/C55H41N3/c1-5-7-19-38(6-2)36(3)56-54(57-37(4)39-20-9-8-10-21-39)41-32-30-40(31-33-41)42-34-46-45-24-13-17-28-51(45)58-52-29-18-16-27-49(52)55(50(35-42)53(46)58)47-25-14-11-22-43(47)44-23-12-15-26-48(44)55/h1,6-7,9,11-35H,4,8,10H2,2-3H3/b19-7-,38-6+,56-36?,57-54?. The number of amidine groups is 1. The number of hydrogen-bond donors (Lipinski definition) is 0. The van der Waals surface area contributed by atoms with Crippen molar-refractivity contribution in [1.29, 1.82) is 0 Å². The highest BCUT2D eigenvalue weighted by molar-refractivity contribution is 6.15. The van der Waals surface area contributed by atoms with Crippen molar-refractivity contribution in [2.24, 2.45) is 9.98 Å². The van der Waals surface area contributed by atoms with E-state index in [1.807, 2.05) is 26.0 Å². The van der Waals surface area contributed by atoms with Crippen molar-refractivity contribution >= 4 is 33.4 Å². The van der Waals surface area contributed by atoms with Crippen LogP contribution in [-0.4, -0.2) is 16.1 Å². The fourth-order valence-electron chi connectivity index (χ4n) is 9.52. The topological polar surface area (TPSA) is 29.6 Å². The lowest BCUT2D eigenvalue weighted by Gasteiger charge is -2.39. The van der Waals surface area contributed by atoms with Gasteiger partial charge in [0.05, 0.1) is 27.8 Å². The van der Waals surface area contributed by atoms with E-state index < -0.39 is 5.41 Å². The molecule has 7 aromatic rings.